The average Bonchev–Trinajstić information content (AvgIpc) is 3.18. The first-order valence-electron chi connectivity index (χ1n) is 9.43. The number of nitrogens with one attached hydrogen (secondary N) is 1. The average molecular weight is 349 g/mol. The number of likely N-dealkylation sites (N-methyl/N-ethyl adjacent to an activating group) is 1. The molecule has 140 valence electrons. The highest BCUT2D eigenvalue weighted by molar-refractivity contribution is 5.81. The highest BCUT2D eigenvalue weighted by Crippen LogP contribution is 2.21. The van der Waals surface area contributed by atoms with Crippen molar-refractivity contribution in [3.63, 3.8) is 0 Å². The van der Waals surface area contributed by atoms with E-state index >= 15 is 0 Å². The second-order valence-electron chi connectivity index (χ2n) is 6.53. The number of rotatable bonds is 8. The molecule has 2 amide bonds. The van der Waals surface area contributed by atoms with Crippen molar-refractivity contribution in [1.29, 1.82) is 0 Å². The lowest BCUT2D eigenvalue weighted by atomic mass is 9.96. The number of amides is 2. The fourth-order valence-electron chi connectivity index (χ4n) is 3.54. The smallest absolute Gasteiger partial charge is 0.224 e. The molecule has 1 aliphatic rings. The lowest BCUT2D eigenvalue weighted by molar-refractivity contribution is -0.135. The number of nitrogens with zero attached hydrogens (tertiary/aromatic N) is 2. The van der Waals surface area contributed by atoms with Crippen LogP contribution >= 0.6 is 0 Å². The molecule has 0 saturated carbocycles. The van der Waals surface area contributed by atoms with Gasteiger partial charge in [-0.3, -0.25) is 14.5 Å². The molecule has 1 aliphatic heterocycles. The Morgan fingerprint density at radius 3 is 2.72 bits per heavy atom. The Bertz CT molecular complexity index is 540. The quantitative estimate of drug-likeness (QED) is 0.783. The number of hydrogen-bond donors (Lipinski definition) is 1. The zero-order valence-electron chi connectivity index (χ0n) is 15.7. The summed E-state index contributed by atoms with van der Waals surface area (Å²) < 4.78 is 5.58. The Hall–Kier alpha value is -1.82. The Morgan fingerprint density at radius 2 is 2.12 bits per heavy atom. The molecular formula is C19H31N3O3. The number of hydrogen-bond acceptors (Lipinski definition) is 4. The van der Waals surface area contributed by atoms with Gasteiger partial charge in [0.1, 0.15) is 5.76 Å². The van der Waals surface area contributed by atoms with E-state index in [0.717, 1.165) is 38.2 Å². The molecule has 0 spiro atoms. The van der Waals surface area contributed by atoms with Crippen LogP contribution in [0.2, 0.25) is 0 Å². The van der Waals surface area contributed by atoms with Crippen LogP contribution in [0.4, 0.5) is 0 Å². The molecule has 6 nitrogen and oxygen atoms in total. The third-order valence-electron chi connectivity index (χ3n) is 5.04. The molecule has 0 aliphatic carbocycles. The van der Waals surface area contributed by atoms with Crippen LogP contribution in [0.15, 0.2) is 22.8 Å². The first kappa shape index (κ1) is 19.5. The van der Waals surface area contributed by atoms with Crippen LogP contribution in [0.5, 0.6) is 0 Å². The minimum atomic E-state index is -0.113. The van der Waals surface area contributed by atoms with Crippen molar-refractivity contribution in [3.05, 3.63) is 24.2 Å². The van der Waals surface area contributed by atoms with Crippen molar-refractivity contribution < 1.29 is 14.0 Å². The number of likely N-dealkylation sites (tertiary alicyclic amines) is 1. The molecule has 1 aromatic heterocycles. The van der Waals surface area contributed by atoms with E-state index < -0.39 is 0 Å². The summed E-state index contributed by atoms with van der Waals surface area (Å²) in [5.74, 6) is 0.931. The van der Waals surface area contributed by atoms with Crippen molar-refractivity contribution >= 4 is 11.8 Å². The van der Waals surface area contributed by atoms with Gasteiger partial charge in [0, 0.05) is 26.1 Å². The first-order valence-corrected chi connectivity index (χ1v) is 9.43. The Morgan fingerprint density at radius 1 is 1.36 bits per heavy atom. The van der Waals surface area contributed by atoms with Gasteiger partial charge in [-0.25, -0.2) is 0 Å². The van der Waals surface area contributed by atoms with Crippen LogP contribution in [0.3, 0.4) is 0 Å². The largest absolute Gasteiger partial charge is 0.468 e. The van der Waals surface area contributed by atoms with E-state index in [2.05, 4.69) is 24.1 Å². The lowest BCUT2D eigenvalue weighted by Gasteiger charge is -2.33. The number of carbonyl (C=O) groups is 2. The summed E-state index contributed by atoms with van der Waals surface area (Å²) in [6.07, 6.45) is 3.90. The van der Waals surface area contributed by atoms with E-state index in [-0.39, 0.29) is 23.8 Å². The molecule has 0 radical (unpaired) electrons. The summed E-state index contributed by atoms with van der Waals surface area (Å²) in [4.78, 5) is 28.6. The highest BCUT2D eigenvalue weighted by Gasteiger charge is 2.29. The summed E-state index contributed by atoms with van der Waals surface area (Å²) in [5.41, 5.74) is 0. The number of carbonyl (C=O) groups excluding carboxylic acids is 2. The molecule has 0 bridgehead atoms. The van der Waals surface area contributed by atoms with E-state index in [1.807, 2.05) is 24.0 Å². The Balaban J connectivity index is 1.95. The van der Waals surface area contributed by atoms with Gasteiger partial charge < -0.3 is 14.6 Å². The van der Waals surface area contributed by atoms with Crippen molar-refractivity contribution in [2.45, 2.75) is 46.1 Å². The van der Waals surface area contributed by atoms with Crippen LogP contribution in [0, 0.1) is 5.92 Å². The van der Waals surface area contributed by atoms with Gasteiger partial charge in [-0.15, -0.1) is 0 Å². The van der Waals surface area contributed by atoms with Crippen molar-refractivity contribution in [2.75, 3.05) is 32.7 Å². The lowest BCUT2D eigenvalue weighted by Crippen LogP contribution is -2.47. The summed E-state index contributed by atoms with van der Waals surface area (Å²) in [6.45, 7) is 9.68. The maximum absolute atomic E-state index is 12.6. The van der Waals surface area contributed by atoms with Gasteiger partial charge in [0.05, 0.1) is 18.2 Å². The zero-order valence-corrected chi connectivity index (χ0v) is 15.7. The zero-order chi connectivity index (χ0) is 18.2. The molecular weight excluding hydrogens is 318 g/mol. The first-order chi connectivity index (χ1) is 12.1. The highest BCUT2D eigenvalue weighted by atomic mass is 16.3. The molecule has 1 fully saturated rings. The normalized spacial score (nSPS) is 19.0. The van der Waals surface area contributed by atoms with Crippen molar-refractivity contribution in [3.8, 4) is 0 Å². The summed E-state index contributed by atoms with van der Waals surface area (Å²) in [7, 11) is 0. The van der Waals surface area contributed by atoms with Gasteiger partial charge in [0.25, 0.3) is 0 Å². The van der Waals surface area contributed by atoms with Crippen LogP contribution < -0.4 is 5.32 Å². The van der Waals surface area contributed by atoms with E-state index in [4.69, 9.17) is 4.42 Å². The summed E-state index contributed by atoms with van der Waals surface area (Å²) >= 11 is 0. The van der Waals surface area contributed by atoms with E-state index in [0.29, 0.717) is 19.5 Å². The predicted octanol–water partition coefficient (Wildman–Crippen LogP) is 2.43. The third kappa shape index (κ3) is 5.08. The minimum Gasteiger partial charge on any atom is -0.468 e. The topological polar surface area (TPSA) is 65.8 Å². The molecule has 1 N–H and O–H groups in total. The SMILES string of the molecule is CCC(=O)N1CCCC(C(=O)NCC(c2ccco2)N(CC)CC)C1. The third-order valence-corrected chi connectivity index (χ3v) is 5.04. The minimum absolute atomic E-state index is 0.0333. The van der Waals surface area contributed by atoms with Crippen LogP contribution in [-0.2, 0) is 9.59 Å². The standard InChI is InChI=1S/C19H31N3O3/c1-4-18(23)22-11-7-9-15(14-22)19(24)20-13-16(21(5-2)6-3)17-10-8-12-25-17/h8,10,12,15-16H,4-7,9,11,13-14H2,1-3H3,(H,20,24). The molecule has 6 heteroatoms. The van der Waals surface area contributed by atoms with Crippen LogP contribution in [0.25, 0.3) is 0 Å². The van der Waals surface area contributed by atoms with Gasteiger partial charge in [-0.1, -0.05) is 20.8 Å². The molecule has 25 heavy (non-hydrogen) atoms. The van der Waals surface area contributed by atoms with Gasteiger partial charge >= 0.3 is 0 Å². The van der Waals surface area contributed by atoms with Crippen LogP contribution in [0.1, 0.15) is 51.8 Å². The van der Waals surface area contributed by atoms with E-state index in [1.165, 1.54) is 0 Å². The maximum atomic E-state index is 12.6. The molecule has 2 atom stereocenters. The second-order valence-corrected chi connectivity index (χ2v) is 6.53. The molecule has 0 aromatic carbocycles. The molecule has 2 heterocycles. The predicted molar refractivity (Wildman–Crippen MR) is 97.0 cm³/mol. The summed E-state index contributed by atoms with van der Waals surface area (Å²) in [5, 5.41) is 3.09. The van der Waals surface area contributed by atoms with Gasteiger partial charge in [-0.05, 0) is 38.1 Å². The molecule has 1 aromatic rings. The maximum Gasteiger partial charge on any atom is 0.224 e. The van der Waals surface area contributed by atoms with E-state index in [1.54, 1.807) is 6.26 Å². The molecule has 1 saturated heterocycles. The number of furan rings is 1. The Labute approximate surface area is 150 Å². The van der Waals surface area contributed by atoms with Crippen LogP contribution in [-0.4, -0.2) is 54.3 Å². The summed E-state index contributed by atoms with van der Waals surface area (Å²) in [6, 6.07) is 3.87. The van der Waals surface area contributed by atoms with E-state index in [9.17, 15) is 9.59 Å². The molecule has 2 rings (SSSR count). The fourth-order valence-corrected chi connectivity index (χ4v) is 3.54. The van der Waals surface area contributed by atoms with Crippen molar-refractivity contribution in [1.82, 2.24) is 15.1 Å². The fraction of sp³-hybridized carbons (Fsp3) is 0.684. The number of piperidine rings is 1. The van der Waals surface area contributed by atoms with Gasteiger partial charge in [-0.2, -0.15) is 0 Å². The van der Waals surface area contributed by atoms with Gasteiger partial charge in [0.2, 0.25) is 11.8 Å². The monoisotopic (exact) mass is 349 g/mol. The van der Waals surface area contributed by atoms with Crippen molar-refractivity contribution in [2.24, 2.45) is 5.92 Å². The second kappa shape index (κ2) is 9.61. The molecule has 2 unspecified atom stereocenters. The van der Waals surface area contributed by atoms with Gasteiger partial charge in [0.15, 0.2) is 0 Å². The Kier molecular flexibility index (Phi) is 7.50.